The van der Waals surface area contributed by atoms with Crippen molar-refractivity contribution in [3.05, 3.63) is 12.2 Å². The summed E-state index contributed by atoms with van der Waals surface area (Å²) in [6.45, 7) is 1.81. The average molecular weight is 1400 g/mol. The molecule has 17 unspecified atom stereocenters. The molecule has 17 atom stereocenters. The van der Waals surface area contributed by atoms with Crippen molar-refractivity contribution in [1.29, 1.82) is 0 Å². The molecular formula is C79H151NO18. The van der Waals surface area contributed by atoms with E-state index in [0.29, 0.717) is 6.42 Å². The number of aliphatic hydroxyl groups excluding tert-OH is 11. The standard InChI is InChI=1S/C79H151NO18/c1-3-5-7-9-11-13-15-17-19-21-23-25-27-29-30-31-33-34-36-38-40-42-44-46-48-50-52-54-56-63(84)62(80-67(85)57-55-53-51-49-47-45-43-41-39-37-35-32-28-26-24-22-20-18-16-14-12-10-8-6-4-2)61-93-77-73(91)70(88)75(65(59-82)95-77)98-79-74(92)71(89)76(66(60-83)96-79)97-78-72(90)69(87)68(86)64(58-81)94-78/h54,56,62-66,68-79,81-84,86-92H,3-53,55,57-61H2,1-2H3,(H,80,85)/b56-54+. The molecule has 0 aromatic heterocycles. The topological polar surface area (TPSA) is 307 Å². The molecule has 0 aromatic carbocycles. The van der Waals surface area contributed by atoms with E-state index in [2.05, 4.69) is 19.2 Å². The van der Waals surface area contributed by atoms with E-state index >= 15 is 0 Å². The minimum Gasteiger partial charge on any atom is -0.394 e. The van der Waals surface area contributed by atoms with Gasteiger partial charge in [0.25, 0.3) is 0 Å². The molecule has 0 aliphatic carbocycles. The van der Waals surface area contributed by atoms with Gasteiger partial charge in [-0.15, -0.1) is 0 Å². The second-order valence-electron chi connectivity index (χ2n) is 29.6. The smallest absolute Gasteiger partial charge is 0.220 e. The van der Waals surface area contributed by atoms with E-state index in [1.165, 1.54) is 283 Å². The summed E-state index contributed by atoms with van der Waals surface area (Å²) in [4.78, 5) is 13.5. The highest BCUT2D eigenvalue weighted by molar-refractivity contribution is 5.76. The molecule has 12 N–H and O–H groups in total. The van der Waals surface area contributed by atoms with Gasteiger partial charge in [0.1, 0.15) is 73.2 Å². The quantitative estimate of drug-likeness (QED) is 0.0199. The molecule has 0 saturated carbocycles. The predicted octanol–water partition coefficient (Wildman–Crippen LogP) is 13.6. The first-order chi connectivity index (χ1) is 47.8. The Morgan fingerprint density at radius 3 is 0.959 bits per heavy atom. The van der Waals surface area contributed by atoms with E-state index in [-0.39, 0.29) is 18.9 Å². The van der Waals surface area contributed by atoms with Crippen LogP contribution in [0.5, 0.6) is 0 Å². The van der Waals surface area contributed by atoms with E-state index in [1.807, 2.05) is 6.08 Å². The molecule has 98 heavy (non-hydrogen) atoms. The summed E-state index contributed by atoms with van der Waals surface area (Å²) in [5.74, 6) is -0.266. The Balaban J connectivity index is 1.37. The van der Waals surface area contributed by atoms with Crippen molar-refractivity contribution in [2.45, 2.75) is 458 Å². The summed E-state index contributed by atoms with van der Waals surface area (Å²) in [6, 6.07) is -0.970. The van der Waals surface area contributed by atoms with Crippen LogP contribution in [-0.4, -0.2) is 193 Å². The van der Waals surface area contributed by atoms with Gasteiger partial charge >= 0.3 is 0 Å². The molecule has 3 aliphatic rings. The minimum absolute atomic E-state index is 0.250. The third-order valence-electron chi connectivity index (χ3n) is 20.8. The fourth-order valence-corrected chi connectivity index (χ4v) is 14.3. The number of aliphatic hydroxyl groups is 11. The molecular weight excluding hydrogens is 1250 g/mol. The van der Waals surface area contributed by atoms with Crippen molar-refractivity contribution in [1.82, 2.24) is 5.32 Å². The Bertz CT molecular complexity index is 1820. The number of carbonyl (C=O) groups is 1. The van der Waals surface area contributed by atoms with Gasteiger partial charge in [-0.2, -0.15) is 0 Å². The van der Waals surface area contributed by atoms with E-state index in [9.17, 15) is 61.0 Å². The third-order valence-corrected chi connectivity index (χ3v) is 20.8. The molecule has 3 fully saturated rings. The molecule has 19 heteroatoms. The third kappa shape index (κ3) is 40.7. The summed E-state index contributed by atoms with van der Waals surface area (Å²) in [6.07, 6.45) is 44.9. The van der Waals surface area contributed by atoms with Crippen LogP contribution in [0.3, 0.4) is 0 Å². The van der Waals surface area contributed by atoms with Crippen LogP contribution in [0.2, 0.25) is 0 Å². The first-order valence-corrected chi connectivity index (χ1v) is 40.9. The highest BCUT2D eigenvalue weighted by Crippen LogP contribution is 2.33. The summed E-state index contributed by atoms with van der Waals surface area (Å²) in [5, 5.41) is 121. The van der Waals surface area contributed by atoms with E-state index in [4.69, 9.17) is 28.4 Å². The molecule has 3 saturated heterocycles. The first kappa shape index (κ1) is 90.7. The maximum Gasteiger partial charge on any atom is 0.220 e. The maximum absolute atomic E-state index is 13.5. The molecule has 3 rings (SSSR count). The van der Waals surface area contributed by atoms with Crippen LogP contribution in [0, 0.1) is 0 Å². The summed E-state index contributed by atoms with van der Waals surface area (Å²) in [7, 11) is 0. The lowest BCUT2D eigenvalue weighted by molar-refractivity contribution is -0.379. The number of allylic oxidation sites excluding steroid dienone is 1. The summed E-state index contributed by atoms with van der Waals surface area (Å²) in [5.41, 5.74) is 0. The van der Waals surface area contributed by atoms with Crippen LogP contribution in [0.25, 0.3) is 0 Å². The van der Waals surface area contributed by atoms with Crippen molar-refractivity contribution >= 4 is 5.91 Å². The van der Waals surface area contributed by atoms with Crippen LogP contribution in [0.4, 0.5) is 0 Å². The zero-order valence-corrected chi connectivity index (χ0v) is 62.1. The second-order valence-corrected chi connectivity index (χ2v) is 29.6. The van der Waals surface area contributed by atoms with Crippen molar-refractivity contribution < 1.29 is 89.4 Å². The monoisotopic (exact) mass is 1400 g/mol. The Morgan fingerprint density at radius 2 is 0.633 bits per heavy atom. The Kier molecular flexibility index (Phi) is 56.3. The number of nitrogens with one attached hydrogen (secondary N) is 1. The molecule has 580 valence electrons. The lowest BCUT2D eigenvalue weighted by atomic mass is 9.96. The number of hydrogen-bond donors (Lipinski definition) is 12. The van der Waals surface area contributed by atoms with Crippen molar-refractivity contribution in [2.75, 3.05) is 26.4 Å². The highest BCUT2D eigenvalue weighted by Gasteiger charge is 2.54. The van der Waals surface area contributed by atoms with Crippen molar-refractivity contribution in [3.63, 3.8) is 0 Å². The number of rotatable bonds is 66. The van der Waals surface area contributed by atoms with E-state index in [0.717, 1.165) is 44.9 Å². The van der Waals surface area contributed by atoms with Crippen LogP contribution in [0.15, 0.2) is 12.2 Å². The van der Waals surface area contributed by atoms with Crippen LogP contribution in [0.1, 0.15) is 354 Å². The SMILES string of the molecule is CCCCCCCCCCCCCCCCCCCCCCCCCCCC/C=C/C(O)C(COC1OC(CO)C(OC2OC(CO)C(OC3OC(CO)C(O)C(O)C3O)C(O)C2O)C(O)C1O)NC(=O)CCCCCCCCCCCCCCCCCCCCCCCCCCC. The number of hydrogen-bond acceptors (Lipinski definition) is 18. The van der Waals surface area contributed by atoms with Crippen LogP contribution >= 0.6 is 0 Å². The zero-order chi connectivity index (χ0) is 71.1. The first-order valence-electron chi connectivity index (χ1n) is 40.9. The molecule has 0 radical (unpaired) electrons. The molecule has 19 nitrogen and oxygen atoms in total. The predicted molar refractivity (Wildman–Crippen MR) is 388 cm³/mol. The molecule has 0 aromatic rings. The maximum atomic E-state index is 13.5. The van der Waals surface area contributed by atoms with Crippen molar-refractivity contribution in [2.24, 2.45) is 0 Å². The molecule has 3 aliphatic heterocycles. The summed E-state index contributed by atoms with van der Waals surface area (Å²) >= 11 is 0. The van der Waals surface area contributed by atoms with Gasteiger partial charge in [0.15, 0.2) is 18.9 Å². The average Bonchev–Trinajstić information content (AvgIpc) is 0.785. The number of amides is 1. The number of carbonyl (C=O) groups excluding carboxylic acids is 1. The Labute approximate surface area is 595 Å². The van der Waals surface area contributed by atoms with Gasteiger partial charge in [0, 0.05) is 6.42 Å². The molecule has 0 bridgehead atoms. The Hall–Kier alpha value is -1.47. The zero-order valence-electron chi connectivity index (χ0n) is 62.1. The van der Waals surface area contributed by atoms with Crippen LogP contribution < -0.4 is 5.32 Å². The fourth-order valence-electron chi connectivity index (χ4n) is 14.3. The molecule has 0 spiro atoms. The van der Waals surface area contributed by atoms with Crippen molar-refractivity contribution in [3.8, 4) is 0 Å². The Morgan fingerprint density at radius 1 is 0.357 bits per heavy atom. The lowest BCUT2D eigenvalue weighted by Crippen LogP contribution is -2.66. The van der Waals surface area contributed by atoms with Gasteiger partial charge < -0.3 is 89.9 Å². The lowest BCUT2D eigenvalue weighted by Gasteiger charge is -2.48. The largest absolute Gasteiger partial charge is 0.394 e. The highest BCUT2D eigenvalue weighted by atomic mass is 16.8. The molecule has 3 heterocycles. The summed E-state index contributed by atoms with van der Waals surface area (Å²) < 4.78 is 34.5. The van der Waals surface area contributed by atoms with Crippen LogP contribution in [-0.2, 0) is 33.2 Å². The van der Waals surface area contributed by atoms with Gasteiger partial charge in [-0.25, -0.2) is 0 Å². The molecule has 1 amide bonds. The van der Waals surface area contributed by atoms with Gasteiger partial charge in [-0.05, 0) is 19.3 Å². The second kappa shape index (κ2) is 60.8. The fraction of sp³-hybridized carbons (Fsp3) is 0.962. The number of unbranched alkanes of at least 4 members (excludes halogenated alkanes) is 50. The van der Waals surface area contributed by atoms with Gasteiger partial charge in [-0.1, -0.05) is 341 Å². The van der Waals surface area contributed by atoms with Gasteiger partial charge in [0.2, 0.25) is 5.91 Å². The normalized spacial score (nSPS) is 26.7. The number of ether oxygens (including phenoxy) is 6. The van der Waals surface area contributed by atoms with E-state index in [1.54, 1.807) is 6.08 Å². The van der Waals surface area contributed by atoms with E-state index < -0.39 is 124 Å². The van der Waals surface area contributed by atoms with Gasteiger partial charge in [0.05, 0.1) is 38.6 Å². The minimum atomic E-state index is -1.98. The van der Waals surface area contributed by atoms with Gasteiger partial charge in [-0.3, -0.25) is 4.79 Å².